The van der Waals surface area contributed by atoms with Crippen LogP contribution in [-0.2, 0) is 17.9 Å². The van der Waals surface area contributed by atoms with Crippen LogP contribution >= 0.6 is 11.6 Å². The maximum absolute atomic E-state index is 13.7. The molecule has 0 saturated carbocycles. The number of benzene rings is 2. The minimum atomic E-state index is -0.357. The Labute approximate surface area is 134 Å². The Morgan fingerprint density at radius 1 is 1.18 bits per heavy atom. The van der Waals surface area contributed by atoms with Crippen molar-refractivity contribution in [3.8, 4) is 0 Å². The third-order valence-electron chi connectivity index (χ3n) is 3.24. The van der Waals surface area contributed by atoms with Crippen LogP contribution in [0.4, 0.5) is 4.39 Å². The maximum Gasteiger partial charge on any atom is 0.234 e. The highest BCUT2D eigenvalue weighted by molar-refractivity contribution is 6.31. The number of carbonyl (C=O) groups excluding carboxylic acids is 1. The molecular formula is C17H18ClFN2O. The van der Waals surface area contributed by atoms with Crippen LogP contribution in [0.15, 0.2) is 48.5 Å². The number of nitrogens with one attached hydrogen (secondary N) is 1. The molecule has 1 N–H and O–H groups in total. The number of hydrogen-bond acceptors (Lipinski definition) is 2. The number of hydrogen-bond donors (Lipinski definition) is 1. The average molecular weight is 321 g/mol. The van der Waals surface area contributed by atoms with Crippen LogP contribution in [0.25, 0.3) is 0 Å². The first-order valence-corrected chi connectivity index (χ1v) is 7.36. The van der Waals surface area contributed by atoms with Gasteiger partial charge in [0.15, 0.2) is 0 Å². The molecule has 0 spiro atoms. The van der Waals surface area contributed by atoms with E-state index < -0.39 is 0 Å². The molecule has 2 aromatic rings. The van der Waals surface area contributed by atoms with E-state index in [-0.39, 0.29) is 24.8 Å². The number of halogens is 2. The summed E-state index contributed by atoms with van der Waals surface area (Å²) in [5.41, 5.74) is 1.44. The molecule has 22 heavy (non-hydrogen) atoms. The lowest BCUT2D eigenvalue weighted by Crippen LogP contribution is -2.34. The molecule has 3 nitrogen and oxygen atoms in total. The monoisotopic (exact) mass is 320 g/mol. The van der Waals surface area contributed by atoms with Gasteiger partial charge in [0, 0.05) is 23.7 Å². The van der Waals surface area contributed by atoms with Gasteiger partial charge in [-0.1, -0.05) is 48.0 Å². The summed E-state index contributed by atoms with van der Waals surface area (Å²) < 4.78 is 13.7. The van der Waals surface area contributed by atoms with Crippen molar-refractivity contribution in [1.29, 1.82) is 0 Å². The molecule has 1 amide bonds. The molecule has 2 rings (SSSR count). The van der Waals surface area contributed by atoms with Crippen molar-refractivity contribution < 1.29 is 9.18 Å². The third-order valence-corrected chi connectivity index (χ3v) is 3.59. The molecule has 0 unspecified atom stereocenters. The summed E-state index contributed by atoms with van der Waals surface area (Å²) in [5, 5.41) is 3.21. The van der Waals surface area contributed by atoms with E-state index in [2.05, 4.69) is 5.32 Å². The van der Waals surface area contributed by atoms with Crippen LogP contribution < -0.4 is 5.32 Å². The van der Waals surface area contributed by atoms with Gasteiger partial charge >= 0.3 is 0 Å². The zero-order valence-electron chi connectivity index (χ0n) is 12.4. The Morgan fingerprint density at radius 2 is 1.91 bits per heavy atom. The van der Waals surface area contributed by atoms with Gasteiger partial charge in [-0.25, -0.2) is 4.39 Å². The van der Waals surface area contributed by atoms with Gasteiger partial charge in [0.1, 0.15) is 5.82 Å². The van der Waals surface area contributed by atoms with Crippen LogP contribution in [0.2, 0.25) is 5.02 Å². The fraction of sp³-hybridized carbons (Fsp3) is 0.235. The summed E-state index contributed by atoms with van der Waals surface area (Å²) in [6.45, 7) is 0.940. The minimum Gasteiger partial charge on any atom is -0.351 e. The smallest absolute Gasteiger partial charge is 0.234 e. The van der Waals surface area contributed by atoms with E-state index in [4.69, 9.17) is 11.6 Å². The van der Waals surface area contributed by atoms with Crippen molar-refractivity contribution in [3.05, 3.63) is 70.5 Å². The Hall–Kier alpha value is -1.91. The number of nitrogens with zero attached hydrogens (tertiary/aromatic N) is 1. The normalized spacial score (nSPS) is 10.7. The van der Waals surface area contributed by atoms with E-state index in [0.717, 1.165) is 5.56 Å². The molecule has 0 aliphatic heterocycles. The lowest BCUT2D eigenvalue weighted by molar-refractivity contribution is -0.122. The molecule has 0 bridgehead atoms. The molecule has 2 aromatic carbocycles. The molecular weight excluding hydrogens is 303 g/mol. The fourth-order valence-corrected chi connectivity index (χ4v) is 2.33. The molecule has 116 valence electrons. The zero-order chi connectivity index (χ0) is 15.9. The van der Waals surface area contributed by atoms with Gasteiger partial charge in [-0.3, -0.25) is 9.69 Å². The van der Waals surface area contributed by atoms with Gasteiger partial charge in [0.25, 0.3) is 0 Å². The molecule has 0 fully saturated rings. The van der Waals surface area contributed by atoms with Crippen molar-refractivity contribution in [3.63, 3.8) is 0 Å². The van der Waals surface area contributed by atoms with Crippen molar-refractivity contribution in [2.24, 2.45) is 0 Å². The van der Waals surface area contributed by atoms with Gasteiger partial charge in [-0.15, -0.1) is 0 Å². The highest BCUT2D eigenvalue weighted by atomic mass is 35.5. The van der Waals surface area contributed by atoms with Gasteiger partial charge in [-0.2, -0.15) is 0 Å². The number of amides is 1. The summed E-state index contributed by atoms with van der Waals surface area (Å²) in [4.78, 5) is 13.6. The first-order valence-electron chi connectivity index (χ1n) is 6.98. The largest absolute Gasteiger partial charge is 0.351 e. The standard InChI is InChI=1S/C17H18ClFN2O/c1-21(11-14-15(18)8-5-9-16(14)19)12-17(22)20-10-13-6-3-2-4-7-13/h2-9H,10-12H2,1H3,(H,20,22). The first-order chi connectivity index (χ1) is 10.6. The summed E-state index contributed by atoms with van der Waals surface area (Å²) >= 11 is 5.98. The average Bonchev–Trinajstić information content (AvgIpc) is 2.50. The molecule has 0 aromatic heterocycles. The molecule has 0 heterocycles. The van der Waals surface area contributed by atoms with E-state index in [9.17, 15) is 9.18 Å². The van der Waals surface area contributed by atoms with Crippen molar-refractivity contribution in [2.75, 3.05) is 13.6 Å². The van der Waals surface area contributed by atoms with Crippen LogP contribution in [0.1, 0.15) is 11.1 Å². The fourth-order valence-electron chi connectivity index (χ4n) is 2.11. The van der Waals surface area contributed by atoms with Gasteiger partial charge in [0.05, 0.1) is 6.54 Å². The van der Waals surface area contributed by atoms with Crippen LogP contribution in [0.5, 0.6) is 0 Å². The lowest BCUT2D eigenvalue weighted by atomic mass is 10.2. The van der Waals surface area contributed by atoms with Crippen molar-refractivity contribution >= 4 is 17.5 Å². The molecule has 0 radical (unpaired) electrons. The topological polar surface area (TPSA) is 32.3 Å². The number of rotatable bonds is 6. The van der Waals surface area contributed by atoms with Crippen molar-refractivity contribution in [1.82, 2.24) is 10.2 Å². The van der Waals surface area contributed by atoms with Gasteiger partial charge in [-0.05, 0) is 24.7 Å². The second-order valence-corrected chi connectivity index (χ2v) is 5.54. The first kappa shape index (κ1) is 16.5. The Kier molecular flexibility index (Phi) is 5.92. The van der Waals surface area contributed by atoms with Gasteiger partial charge in [0.2, 0.25) is 5.91 Å². The molecule has 0 aliphatic rings. The maximum atomic E-state index is 13.7. The van der Waals surface area contributed by atoms with E-state index in [1.54, 1.807) is 24.1 Å². The molecule has 0 saturated heterocycles. The zero-order valence-corrected chi connectivity index (χ0v) is 13.1. The van der Waals surface area contributed by atoms with Crippen molar-refractivity contribution in [2.45, 2.75) is 13.1 Å². The van der Waals surface area contributed by atoms with E-state index in [0.29, 0.717) is 17.1 Å². The summed E-state index contributed by atoms with van der Waals surface area (Å²) in [7, 11) is 1.75. The molecule has 0 aliphatic carbocycles. The Morgan fingerprint density at radius 3 is 2.59 bits per heavy atom. The lowest BCUT2D eigenvalue weighted by Gasteiger charge is -2.17. The predicted octanol–water partition coefficient (Wildman–Crippen LogP) is 3.23. The summed E-state index contributed by atoms with van der Waals surface area (Å²) in [6.07, 6.45) is 0. The second-order valence-electron chi connectivity index (χ2n) is 5.13. The highest BCUT2D eigenvalue weighted by Gasteiger charge is 2.12. The molecule has 5 heteroatoms. The van der Waals surface area contributed by atoms with Crippen LogP contribution in [0, 0.1) is 5.82 Å². The van der Waals surface area contributed by atoms with Crippen LogP contribution in [0.3, 0.4) is 0 Å². The minimum absolute atomic E-state index is 0.112. The second kappa shape index (κ2) is 7.92. The highest BCUT2D eigenvalue weighted by Crippen LogP contribution is 2.20. The quantitative estimate of drug-likeness (QED) is 0.886. The number of likely N-dealkylation sites (N-methyl/N-ethyl adjacent to an activating group) is 1. The summed E-state index contributed by atoms with van der Waals surface area (Å²) in [6, 6.07) is 14.2. The van der Waals surface area contributed by atoms with Gasteiger partial charge < -0.3 is 5.32 Å². The van der Waals surface area contributed by atoms with E-state index in [1.165, 1.54) is 6.07 Å². The molecule has 0 atom stereocenters. The van der Waals surface area contributed by atoms with Crippen LogP contribution in [-0.4, -0.2) is 24.4 Å². The third kappa shape index (κ3) is 4.83. The summed E-state index contributed by atoms with van der Waals surface area (Å²) in [5.74, 6) is -0.470. The Balaban J connectivity index is 1.84. The Bertz CT molecular complexity index is 614. The SMILES string of the molecule is CN(CC(=O)NCc1ccccc1)Cc1c(F)cccc1Cl. The number of carbonyl (C=O) groups is 1. The van der Waals surface area contributed by atoms with E-state index >= 15 is 0 Å². The predicted molar refractivity (Wildman–Crippen MR) is 86.0 cm³/mol. The van der Waals surface area contributed by atoms with E-state index in [1.807, 2.05) is 30.3 Å².